The predicted molar refractivity (Wildman–Crippen MR) is 77.5 cm³/mol. The highest BCUT2D eigenvalue weighted by Gasteiger charge is 2.09. The van der Waals surface area contributed by atoms with E-state index in [4.69, 9.17) is 4.74 Å². The predicted octanol–water partition coefficient (Wildman–Crippen LogP) is 1.86. The summed E-state index contributed by atoms with van der Waals surface area (Å²) in [6.45, 7) is 1.87. The van der Waals surface area contributed by atoms with Crippen LogP contribution in [0.5, 0.6) is 0 Å². The van der Waals surface area contributed by atoms with Gasteiger partial charge in [-0.15, -0.1) is 0 Å². The molecule has 0 saturated carbocycles. The molecule has 0 saturated heterocycles. The number of nitrogens with one attached hydrogen (secondary N) is 1. The normalized spacial score (nSPS) is 9.95. The van der Waals surface area contributed by atoms with E-state index in [9.17, 15) is 9.59 Å². The number of esters is 1. The van der Waals surface area contributed by atoms with E-state index in [1.54, 1.807) is 30.5 Å². The number of pyridine rings is 1. The monoisotopic (exact) mass is 284 g/mol. The third kappa shape index (κ3) is 4.72. The van der Waals surface area contributed by atoms with Gasteiger partial charge in [0.1, 0.15) is 13.2 Å². The van der Waals surface area contributed by atoms with Gasteiger partial charge in [-0.2, -0.15) is 0 Å². The molecule has 21 heavy (non-hydrogen) atoms. The SMILES string of the molecule is Cc1ccc(C(=O)NCC(=O)OCc2ccccn2)cc1. The number of hydrogen-bond acceptors (Lipinski definition) is 4. The Kier molecular flexibility index (Phi) is 5.04. The first kappa shape index (κ1) is 14.7. The molecule has 5 heteroatoms. The van der Waals surface area contributed by atoms with Crippen molar-refractivity contribution in [1.82, 2.24) is 10.3 Å². The molecule has 2 aromatic rings. The van der Waals surface area contributed by atoms with Gasteiger partial charge in [-0.05, 0) is 31.2 Å². The molecular formula is C16H16N2O3. The molecule has 1 aromatic heterocycles. The summed E-state index contributed by atoms with van der Waals surface area (Å²) in [4.78, 5) is 27.4. The van der Waals surface area contributed by atoms with Crippen LogP contribution in [0.3, 0.4) is 0 Å². The topological polar surface area (TPSA) is 68.3 Å². The quantitative estimate of drug-likeness (QED) is 0.851. The lowest BCUT2D eigenvalue weighted by atomic mass is 10.1. The Bertz CT molecular complexity index is 609. The number of hydrogen-bond donors (Lipinski definition) is 1. The van der Waals surface area contributed by atoms with Gasteiger partial charge >= 0.3 is 5.97 Å². The maximum Gasteiger partial charge on any atom is 0.325 e. The van der Waals surface area contributed by atoms with Gasteiger partial charge in [0, 0.05) is 11.8 Å². The fraction of sp³-hybridized carbons (Fsp3) is 0.188. The molecule has 1 aromatic carbocycles. The highest BCUT2D eigenvalue weighted by Crippen LogP contribution is 2.02. The number of carbonyl (C=O) groups excluding carboxylic acids is 2. The average molecular weight is 284 g/mol. The number of nitrogens with zero attached hydrogens (tertiary/aromatic N) is 1. The molecule has 1 amide bonds. The number of carbonyl (C=O) groups is 2. The molecule has 0 aliphatic heterocycles. The highest BCUT2D eigenvalue weighted by molar-refractivity contribution is 5.95. The second kappa shape index (κ2) is 7.19. The van der Waals surface area contributed by atoms with E-state index in [2.05, 4.69) is 10.3 Å². The van der Waals surface area contributed by atoms with Gasteiger partial charge in [-0.1, -0.05) is 23.8 Å². The van der Waals surface area contributed by atoms with Crippen molar-refractivity contribution in [2.24, 2.45) is 0 Å². The maximum absolute atomic E-state index is 11.8. The lowest BCUT2D eigenvalue weighted by Gasteiger charge is -2.06. The van der Waals surface area contributed by atoms with Crippen molar-refractivity contribution in [3.63, 3.8) is 0 Å². The third-order valence-corrected chi connectivity index (χ3v) is 2.81. The Morgan fingerprint density at radius 1 is 1.14 bits per heavy atom. The summed E-state index contributed by atoms with van der Waals surface area (Å²) < 4.78 is 5.02. The smallest absolute Gasteiger partial charge is 0.325 e. The van der Waals surface area contributed by atoms with Crippen molar-refractivity contribution >= 4 is 11.9 Å². The molecule has 5 nitrogen and oxygen atoms in total. The van der Waals surface area contributed by atoms with Crippen LogP contribution in [0.15, 0.2) is 48.7 Å². The minimum Gasteiger partial charge on any atom is -0.458 e. The van der Waals surface area contributed by atoms with Crippen molar-refractivity contribution in [2.45, 2.75) is 13.5 Å². The maximum atomic E-state index is 11.8. The summed E-state index contributed by atoms with van der Waals surface area (Å²) in [5.74, 6) is -0.800. The second-order valence-corrected chi connectivity index (χ2v) is 4.53. The van der Waals surface area contributed by atoms with E-state index in [0.29, 0.717) is 11.3 Å². The van der Waals surface area contributed by atoms with Crippen LogP contribution >= 0.6 is 0 Å². The average Bonchev–Trinajstić information content (AvgIpc) is 2.52. The number of benzene rings is 1. The molecule has 0 fully saturated rings. The Morgan fingerprint density at radius 2 is 1.90 bits per heavy atom. The molecule has 0 atom stereocenters. The zero-order valence-corrected chi connectivity index (χ0v) is 11.7. The molecule has 1 heterocycles. The summed E-state index contributed by atoms with van der Waals surface area (Å²) >= 11 is 0. The molecular weight excluding hydrogens is 268 g/mol. The summed E-state index contributed by atoms with van der Waals surface area (Å²) in [5.41, 5.74) is 2.25. The van der Waals surface area contributed by atoms with Gasteiger partial charge in [0.25, 0.3) is 5.91 Å². The van der Waals surface area contributed by atoms with Crippen molar-refractivity contribution in [2.75, 3.05) is 6.54 Å². The van der Waals surface area contributed by atoms with Crippen LogP contribution in [0, 0.1) is 6.92 Å². The molecule has 0 unspecified atom stereocenters. The van der Waals surface area contributed by atoms with Crippen LogP contribution < -0.4 is 5.32 Å². The van der Waals surface area contributed by atoms with Gasteiger partial charge in [0.2, 0.25) is 0 Å². The van der Waals surface area contributed by atoms with Crippen LogP contribution in [-0.4, -0.2) is 23.4 Å². The zero-order chi connectivity index (χ0) is 15.1. The van der Waals surface area contributed by atoms with Gasteiger partial charge in [0.05, 0.1) is 5.69 Å². The third-order valence-electron chi connectivity index (χ3n) is 2.81. The van der Waals surface area contributed by atoms with Gasteiger partial charge in [0.15, 0.2) is 0 Å². The first-order valence-corrected chi connectivity index (χ1v) is 6.55. The van der Waals surface area contributed by atoms with Gasteiger partial charge < -0.3 is 10.1 Å². The molecule has 0 aliphatic rings. The van der Waals surface area contributed by atoms with Crippen molar-refractivity contribution in [1.29, 1.82) is 0 Å². The molecule has 0 spiro atoms. The summed E-state index contributed by atoms with van der Waals surface area (Å²) in [6.07, 6.45) is 1.63. The van der Waals surface area contributed by atoms with Crippen LogP contribution in [0.25, 0.3) is 0 Å². The van der Waals surface area contributed by atoms with E-state index in [1.807, 2.05) is 25.1 Å². The molecule has 1 N–H and O–H groups in total. The first-order chi connectivity index (χ1) is 10.1. The van der Waals surface area contributed by atoms with Gasteiger partial charge in [-0.25, -0.2) is 0 Å². The van der Waals surface area contributed by atoms with E-state index >= 15 is 0 Å². The lowest BCUT2D eigenvalue weighted by Crippen LogP contribution is -2.30. The molecule has 0 bridgehead atoms. The second-order valence-electron chi connectivity index (χ2n) is 4.53. The Balaban J connectivity index is 1.76. The van der Waals surface area contributed by atoms with E-state index in [-0.39, 0.29) is 19.1 Å². The molecule has 0 aliphatic carbocycles. The number of aryl methyl sites for hydroxylation is 1. The minimum absolute atomic E-state index is 0.0973. The highest BCUT2D eigenvalue weighted by atomic mass is 16.5. The van der Waals surface area contributed by atoms with Crippen LogP contribution in [-0.2, 0) is 16.1 Å². The first-order valence-electron chi connectivity index (χ1n) is 6.55. The van der Waals surface area contributed by atoms with Crippen LogP contribution in [0.1, 0.15) is 21.6 Å². The Morgan fingerprint density at radius 3 is 2.57 bits per heavy atom. The molecule has 0 radical (unpaired) electrons. The standard InChI is InChI=1S/C16H16N2O3/c1-12-5-7-13(8-6-12)16(20)18-10-15(19)21-11-14-4-2-3-9-17-14/h2-9H,10-11H2,1H3,(H,18,20). The van der Waals surface area contributed by atoms with E-state index in [0.717, 1.165) is 5.56 Å². The molecule has 2 rings (SSSR count). The minimum atomic E-state index is -0.499. The lowest BCUT2D eigenvalue weighted by molar-refractivity contribution is -0.143. The summed E-state index contributed by atoms with van der Waals surface area (Å²) in [6, 6.07) is 12.5. The number of ether oxygens (including phenoxy) is 1. The van der Waals surface area contributed by atoms with Crippen molar-refractivity contribution in [3.05, 3.63) is 65.5 Å². The van der Waals surface area contributed by atoms with Crippen LogP contribution in [0.4, 0.5) is 0 Å². The fourth-order valence-electron chi connectivity index (χ4n) is 1.65. The Hall–Kier alpha value is -2.69. The largest absolute Gasteiger partial charge is 0.458 e. The number of aromatic nitrogens is 1. The van der Waals surface area contributed by atoms with Crippen molar-refractivity contribution < 1.29 is 14.3 Å². The number of amides is 1. The summed E-state index contributed by atoms with van der Waals surface area (Å²) in [5, 5.41) is 2.52. The zero-order valence-electron chi connectivity index (χ0n) is 11.7. The summed E-state index contributed by atoms with van der Waals surface area (Å²) in [7, 11) is 0. The van der Waals surface area contributed by atoms with E-state index < -0.39 is 5.97 Å². The van der Waals surface area contributed by atoms with Gasteiger partial charge in [-0.3, -0.25) is 14.6 Å². The fourth-order valence-corrected chi connectivity index (χ4v) is 1.65. The Labute approximate surface area is 123 Å². The van der Waals surface area contributed by atoms with Crippen LogP contribution in [0.2, 0.25) is 0 Å². The molecule has 108 valence electrons. The van der Waals surface area contributed by atoms with E-state index in [1.165, 1.54) is 0 Å². The number of rotatable bonds is 5. The van der Waals surface area contributed by atoms with Crippen molar-refractivity contribution in [3.8, 4) is 0 Å².